The molecule has 1 N–H and O–H groups in total. The molecule has 4 rings (SSSR count). The number of alkyl halides is 3. The van der Waals surface area contributed by atoms with E-state index in [1.54, 1.807) is 24.5 Å². The van der Waals surface area contributed by atoms with Crippen molar-refractivity contribution in [1.82, 2.24) is 9.88 Å². The van der Waals surface area contributed by atoms with Crippen molar-refractivity contribution >= 4 is 11.9 Å². The minimum absolute atomic E-state index is 0.0606. The smallest absolute Gasteiger partial charge is 0.475 e. The Hall–Kier alpha value is -2.24. The Morgan fingerprint density at radius 3 is 2.34 bits per heavy atom. The van der Waals surface area contributed by atoms with Crippen molar-refractivity contribution in [2.24, 2.45) is 11.8 Å². The van der Waals surface area contributed by atoms with Crippen molar-refractivity contribution in [1.29, 1.82) is 0 Å². The van der Waals surface area contributed by atoms with Gasteiger partial charge in [-0.1, -0.05) is 0 Å². The SMILES string of the molecule is O=C(O)C(F)(F)F.O=C(c1ccncc1)N1CC2(C1)OCCC2COCC1CCOCC1. The van der Waals surface area contributed by atoms with Crippen molar-refractivity contribution in [2.45, 2.75) is 31.0 Å². The summed E-state index contributed by atoms with van der Waals surface area (Å²) in [5, 5.41) is 7.12. The molecule has 3 saturated heterocycles. The number of likely N-dealkylation sites (tertiary alicyclic amines) is 1. The number of carboxylic acids is 1. The molecule has 178 valence electrons. The topological polar surface area (TPSA) is 98.2 Å². The summed E-state index contributed by atoms with van der Waals surface area (Å²) in [5.74, 6) is -1.69. The molecular weight excluding hydrogens is 433 g/mol. The highest BCUT2D eigenvalue weighted by Crippen LogP contribution is 2.40. The number of aromatic nitrogens is 1. The third kappa shape index (κ3) is 6.17. The van der Waals surface area contributed by atoms with Crippen LogP contribution in [0.25, 0.3) is 0 Å². The van der Waals surface area contributed by atoms with E-state index in [1.807, 2.05) is 4.90 Å². The number of ether oxygens (including phenoxy) is 3. The van der Waals surface area contributed by atoms with Crippen LogP contribution in [0.3, 0.4) is 0 Å². The second kappa shape index (κ2) is 10.6. The second-order valence-electron chi connectivity index (χ2n) is 8.19. The van der Waals surface area contributed by atoms with Gasteiger partial charge in [0.1, 0.15) is 5.60 Å². The number of carbonyl (C=O) groups is 2. The summed E-state index contributed by atoms with van der Waals surface area (Å²) in [5.41, 5.74) is 0.494. The second-order valence-corrected chi connectivity index (χ2v) is 8.19. The van der Waals surface area contributed by atoms with E-state index >= 15 is 0 Å². The van der Waals surface area contributed by atoms with Crippen molar-refractivity contribution in [3.63, 3.8) is 0 Å². The van der Waals surface area contributed by atoms with Crippen LogP contribution in [0.5, 0.6) is 0 Å². The Kier molecular flexibility index (Phi) is 8.07. The zero-order valence-corrected chi connectivity index (χ0v) is 17.6. The number of halogens is 3. The molecule has 1 aromatic rings. The molecule has 4 heterocycles. The lowest BCUT2D eigenvalue weighted by Crippen LogP contribution is -2.66. The molecule has 0 aromatic carbocycles. The highest BCUT2D eigenvalue weighted by Gasteiger charge is 2.54. The Labute approximate surface area is 183 Å². The molecule has 3 aliphatic rings. The normalized spacial score (nSPS) is 22.7. The van der Waals surface area contributed by atoms with E-state index in [1.165, 1.54) is 0 Å². The van der Waals surface area contributed by atoms with Gasteiger partial charge in [0.25, 0.3) is 5.91 Å². The average molecular weight is 460 g/mol. The number of rotatable bonds is 5. The summed E-state index contributed by atoms with van der Waals surface area (Å²) in [6.07, 6.45) is 1.44. The number of pyridine rings is 1. The summed E-state index contributed by atoms with van der Waals surface area (Å²) in [6.45, 7) is 5.36. The fourth-order valence-electron chi connectivity index (χ4n) is 4.08. The van der Waals surface area contributed by atoms with Crippen LogP contribution in [0.2, 0.25) is 0 Å². The van der Waals surface area contributed by atoms with Crippen molar-refractivity contribution < 1.29 is 42.1 Å². The molecule has 3 fully saturated rings. The standard InChI is InChI=1S/C19H26N2O4.C2HF3O2/c22-18(16-1-6-20-7-2-16)21-13-19(14-21)17(5-10-25-19)12-24-11-15-3-8-23-9-4-15;3-2(4,5)1(6)7/h1-2,6-7,15,17H,3-5,8-14H2;(H,6,7). The van der Waals surface area contributed by atoms with Gasteiger partial charge in [0, 0.05) is 50.3 Å². The Balaban J connectivity index is 0.000000360. The Morgan fingerprint density at radius 1 is 1.12 bits per heavy atom. The van der Waals surface area contributed by atoms with E-state index < -0.39 is 12.1 Å². The van der Waals surface area contributed by atoms with E-state index in [-0.39, 0.29) is 11.5 Å². The summed E-state index contributed by atoms with van der Waals surface area (Å²) >= 11 is 0. The third-order valence-corrected chi connectivity index (χ3v) is 5.99. The predicted octanol–water partition coefficient (Wildman–Crippen LogP) is 2.39. The zero-order chi connectivity index (χ0) is 23.2. The maximum absolute atomic E-state index is 12.5. The molecule has 1 atom stereocenters. The number of aliphatic carboxylic acids is 1. The number of carbonyl (C=O) groups excluding carboxylic acids is 1. The van der Waals surface area contributed by atoms with E-state index in [9.17, 15) is 18.0 Å². The van der Waals surface area contributed by atoms with Gasteiger partial charge in [-0.3, -0.25) is 9.78 Å². The van der Waals surface area contributed by atoms with Gasteiger partial charge in [-0.2, -0.15) is 13.2 Å². The zero-order valence-electron chi connectivity index (χ0n) is 17.6. The molecule has 0 bridgehead atoms. The van der Waals surface area contributed by atoms with Crippen LogP contribution in [-0.2, 0) is 19.0 Å². The number of hydrogen-bond donors (Lipinski definition) is 1. The van der Waals surface area contributed by atoms with Crippen LogP contribution in [0.15, 0.2) is 24.5 Å². The summed E-state index contributed by atoms with van der Waals surface area (Å²) in [4.78, 5) is 27.2. The molecule has 0 radical (unpaired) electrons. The van der Waals surface area contributed by atoms with Crippen LogP contribution in [0.4, 0.5) is 13.2 Å². The molecule has 1 amide bonds. The van der Waals surface area contributed by atoms with Crippen LogP contribution in [-0.4, -0.2) is 84.8 Å². The highest BCUT2D eigenvalue weighted by molar-refractivity contribution is 5.94. The van der Waals surface area contributed by atoms with Gasteiger partial charge >= 0.3 is 12.1 Å². The lowest BCUT2D eigenvalue weighted by atomic mass is 9.81. The van der Waals surface area contributed by atoms with E-state index in [0.29, 0.717) is 30.5 Å². The Morgan fingerprint density at radius 2 is 1.75 bits per heavy atom. The van der Waals surface area contributed by atoms with Gasteiger partial charge in [-0.25, -0.2) is 4.79 Å². The van der Waals surface area contributed by atoms with Crippen molar-refractivity contribution in [2.75, 3.05) is 46.1 Å². The molecule has 3 aliphatic heterocycles. The molecule has 8 nitrogen and oxygen atoms in total. The first-order chi connectivity index (χ1) is 15.2. The van der Waals surface area contributed by atoms with E-state index in [4.69, 9.17) is 24.1 Å². The van der Waals surface area contributed by atoms with Gasteiger partial charge < -0.3 is 24.2 Å². The monoisotopic (exact) mass is 460 g/mol. The number of nitrogens with zero attached hydrogens (tertiary/aromatic N) is 2. The first-order valence-corrected chi connectivity index (χ1v) is 10.5. The molecule has 11 heteroatoms. The minimum atomic E-state index is -5.08. The lowest BCUT2D eigenvalue weighted by molar-refractivity contribution is -0.192. The maximum atomic E-state index is 12.5. The van der Waals surface area contributed by atoms with Crippen LogP contribution >= 0.6 is 0 Å². The number of carboxylic acid groups (broad SMARTS) is 1. The molecule has 1 unspecified atom stereocenters. The van der Waals surface area contributed by atoms with Gasteiger partial charge in [0.15, 0.2) is 0 Å². The first-order valence-electron chi connectivity index (χ1n) is 10.5. The quantitative estimate of drug-likeness (QED) is 0.721. The predicted molar refractivity (Wildman–Crippen MR) is 105 cm³/mol. The lowest BCUT2D eigenvalue weighted by Gasteiger charge is -2.50. The summed E-state index contributed by atoms with van der Waals surface area (Å²) < 4.78 is 49.2. The van der Waals surface area contributed by atoms with E-state index in [0.717, 1.165) is 52.3 Å². The van der Waals surface area contributed by atoms with Crippen LogP contribution in [0, 0.1) is 11.8 Å². The number of amides is 1. The molecular formula is C21H27F3N2O6. The van der Waals surface area contributed by atoms with Gasteiger partial charge in [-0.05, 0) is 37.3 Å². The highest BCUT2D eigenvalue weighted by atomic mass is 19.4. The summed E-state index contributed by atoms with van der Waals surface area (Å²) in [7, 11) is 0. The maximum Gasteiger partial charge on any atom is 0.490 e. The third-order valence-electron chi connectivity index (χ3n) is 5.99. The number of hydrogen-bond acceptors (Lipinski definition) is 6. The Bertz CT molecular complexity index is 765. The van der Waals surface area contributed by atoms with Crippen LogP contribution in [0.1, 0.15) is 29.6 Å². The molecule has 0 saturated carbocycles. The van der Waals surface area contributed by atoms with Crippen molar-refractivity contribution in [3.05, 3.63) is 30.1 Å². The molecule has 1 spiro atoms. The first kappa shape index (κ1) is 24.4. The largest absolute Gasteiger partial charge is 0.490 e. The summed E-state index contributed by atoms with van der Waals surface area (Å²) in [6, 6.07) is 3.52. The van der Waals surface area contributed by atoms with Crippen LogP contribution < -0.4 is 0 Å². The van der Waals surface area contributed by atoms with Gasteiger partial charge in [-0.15, -0.1) is 0 Å². The van der Waals surface area contributed by atoms with Gasteiger partial charge in [0.2, 0.25) is 0 Å². The van der Waals surface area contributed by atoms with Gasteiger partial charge in [0.05, 0.1) is 19.7 Å². The average Bonchev–Trinajstić information content (AvgIpc) is 3.17. The molecule has 0 aliphatic carbocycles. The molecule has 32 heavy (non-hydrogen) atoms. The minimum Gasteiger partial charge on any atom is -0.475 e. The van der Waals surface area contributed by atoms with Crippen molar-refractivity contribution in [3.8, 4) is 0 Å². The fourth-order valence-corrected chi connectivity index (χ4v) is 4.08. The fraction of sp³-hybridized carbons (Fsp3) is 0.667. The molecule has 1 aromatic heterocycles. The van der Waals surface area contributed by atoms with E-state index in [2.05, 4.69) is 4.98 Å².